The summed E-state index contributed by atoms with van der Waals surface area (Å²) in [7, 11) is 4.64. The van der Waals surface area contributed by atoms with Crippen LogP contribution in [0.5, 0.6) is 23.1 Å². The number of fused-ring (bicyclic) bond motifs is 1. The fourth-order valence-electron chi connectivity index (χ4n) is 2.97. The van der Waals surface area contributed by atoms with Gasteiger partial charge in [-0.25, -0.2) is 14.3 Å². The molecule has 160 valence electrons. The maximum atomic E-state index is 11.4. The number of hydrogen-bond donors (Lipinski definition) is 1. The van der Waals surface area contributed by atoms with Gasteiger partial charge in [0.05, 0.1) is 27.5 Å². The van der Waals surface area contributed by atoms with Gasteiger partial charge in [0, 0.05) is 12.6 Å². The normalized spacial score (nSPS) is 10.7. The Hall–Kier alpha value is -3.69. The zero-order chi connectivity index (χ0) is 21.7. The molecule has 30 heavy (non-hydrogen) atoms. The third-order valence-electron chi connectivity index (χ3n) is 4.35. The number of rotatable bonds is 9. The number of ether oxygens (including phenoxy) is 4. The maximum Gasteiger partial charge on any atom is 0.413 e. The molecule has 10 heteroatoms. The number of amides is 1. The van der Waals surface area contributed by atoms with Crippen LogP contribution >= 0.6 is 0 Å². The zero-order valence-corrected chi connectivity index (χ0v) is 17.3. The molecule has 0 aliphatic carbocycles. The molecule has 0 bridgehead atoms. The van der Waals surface area contributed by atoms with Gasteiger partial charge in [-0.1, -0.05) is 6.92 Å². The summed E-state index contributed by atoms with van der Waals surface area (Å²) in [5.74, 6) is 2.24. The summed E-state index contributed by atoms with van der Waals surface area (Å²) in [5.41, 5.74) is 1.32. The maximum absolute atomic E-state index is 11.4. The van der Waals surface area contributed by atoms with Gasteiger partial charge < -0.3 is 24.1 Å². The van der Waals surface area contributed by atoms with Crippen LogP contribution < -0.4 is 23.8 Å². The van der Waals surface area contributed by atoms with E-state index in [0.29, 0.717) is 47.6 Å². The van der Waals surface area contributed by atoms with Crippen molar-refractivity contribution in [1.29, 1.82) is 0 Å². The van der Waals surface area contributed by atoms with E-state index in [2.05, 4.69) is 10.1 Å². The molecule has 0 atom stereocenters. The SMILES string of the molecule is CCCN(C(=O)O)c1cn2nc(OCc3cc(OC)c(OC)c(OC)c3)ccc2n1. The Bertz CT molecular complexity index is 1010. The summed E-state index contributed by atoms with van der Waals surface area (Å²) in [6.07, 6.45) is 1.18. The van der Waals surface area contributed by atoms with E-state index in [1.54, 1.807) is 51.8 Å². The first-order chi connectivity index (χ1) is 14.5. The monoisotopic (exact) mass is 416 g/mol. The second-order valence-electron chi connectivity index (χ2n) is 6.33. The van der Waals surface area contributed by atoms with Crippen molar-refractivity contribution in [1.82, 2.24) is 14.6 Å². The Balaban J connectivity index is 1.81. The number of hydrogen-bond acceptors (Lipinski definition) is 7. The molecule has 2 heterocycles. The number of benzene rings is 1. The highest BCUT2D eigenvalue weighted by atomic mass is 16.5. The Labute approximate surface area is 173 Å². The highest BCUT2D eigenvalue weighted by Gasteiger charge is 2.17. The first-order valence-corrected chi connectivity index (χ1v) is 9.29. The minimum absolute atomic E-state index is 0.216. The van der Waals surface area contributed by atoms with E-state index in [9.17, 15) is 9.90 Å². The molecule has 0 aliphatic heterocycles. The third-order valence-corrected chi connectivity index (χ3v) is 4.35. The van der Waals surface area contributed by atoms with E-state index < -0.39 is 6.09 Å². The summed E-state index contributed by atoms with van der Waals surface area (Å²) in [6, 6.07) is 6.98. The molecule has 0 saturated carbocycles. The fraction of sp³-hybridized carbons (Fsp3) is 0.350. The Kier molecular flexibility index (Phi) is 6.45. The van der Waals surface area contributed by atoms with Crippen molar-refractivity contribution in [3.8, 4) is 23.1 Å². The van der Waals surface area contributed by atoms with Crippen LogP contribution in [0.2, 0.25) is 0 Å². The Morgan fingerprint density at radius 3 is 2.40 bits per heavy atom. The Morgan fingerprint density at radius 1 is 1.13 bits per heavy atom. The number of methoxy groups -OCH3 is 3. The second-order valence-corrected chi connectivity index (χ2v) is 6.33. The van der Waals surface area contributed by atoms with Gasteiger partial charge in [0.2, 0.25) is 11.6 Å². The van der Waals surface area contributed by atoms with E-state index in [-0.39, 0.29) is 6.61 Å². The van der Waals surface area contributed by atoms with Crippen molar-refractivity contribution in [3.63, 3.8) is 0 Å². The van der Waals surface area contributed by atoms with Gasteiger partial charge in [-0.2, -0.15) is 0 Å². The van der Waals surface area contributed by atoms with Gasteiger partial charge in [-0.3, -0.25) is 4.90 Å². The molecule has 0 fully saturated rings. The largest absolute Gasteiger partial charge is 0.493 e. The van der Waals surface area contributed by atoms with Gasteiger partial charge >= 0.3 is 6.09 Å². The summed E-state index contributed by atoms with van der Waals surface area (Å²) >= 11 is 0. The van der Waals surface area contributed by atoms with Gasteiger partial charge in [0.1, 0.15) is 6.61 Å². The van der Waals surface area contributed by atoms with Crippen LogP contribution in [0.25, 0.3) is 5.65 Å². The number of aromatic nitrogens is 3. The van der Waals surface area contributed by atoms with E-state index in [1.165, 1.54) is 9.42 Å². The number of carboxylic acid groups (broad SMARTS) is 1. The van der Waals surface area contributed by atoms with E-state index in [4.69, 9.17) is 18.9 Å². The molecule has 3 rings (SSSR count). The average molecular weight is 416 g/mol. The molecule has 3 aromatic rings. The quantitative estimate of drug-likeness (QED) is 0.566. The van der Waals surface area contributed by atoms with Crippen molar-refractivity contribution >= 4 is 17.6 Å². The molecule has 1 amide bonds. The van der Waals surface area contributed by atoms with E-state index in [0.717, 1.165) is 5.56 Å². The van der Waals surface area contributed by atoms with Crippen LogP contribution in [0.15, 0.2) is 30.5 Å². The van der Waals surface area contributed by atoms with Crippen LogP contribution in [0.3, 0.4) is 0 Å². The molecule has 0 aliphatic rings. The summed E-state index contributed by atoms with van der Waals surface area (Å²) in [4.78, 5) is 17.0. The highest BCUT2D eigenvalue weighted by molar-refractivity contribution is 5.85. The number of imidazole rings is 1. The lowest BCUT2D eigenvalue weighted by atomic mass is 10.2. The lowest BCUT2D eigenvalue weighted by molar-refractivity contribution is 0.201. The molecule has 10 nitrogen and oxygen atoms in total. The lowest BCUT2D eigenvalue weighted by Gasteiger charge is -2.14. The lowest BCUT2D eigenvalue weighted by Crippen LogP contribution is -2.30. The molecule has 0 radical (unpaired) electrons. The Morgan fingerprint density at radius 2 is 1.83 bits per heavy atom. The number of carbonyl (C=O) groups is 1. The minimum Gasteiger partial charge on any atom is -0.493 e. The van der Waals surface area contributed by atoms with Crippen LogP contribution in [0, 0.1) is 0 Å². The molecular weight excluding hydrogens is 392 g/mol. The van der Waals surface area contributed by atoms with Crippen LogP contribution in [-0.2, 0) is 6.61 Å². The smallest absolute Gasteiger partial charge is 0.413 e. The molecular formula is C20H24N4O6. The van der Waals surface area contributed by atoms with Crippen LogP contribution in [0.4, 0.5) is 10.6 Å². The number of anilines is 1. The second kappa shape index (κ2) is 9.21. The predicted octanol–water partition coefficient (Wildman–Crippen LogP) is 3.23. The first-order valence-electron chi connectivity index (χ1n) is 9.29. The molecule has 0 unspecified atom stereocenters. The summed E-state index contributed by atoms with van der Waals surface area (Å²) in [5, 5.41) is 13.7. The van der Waals surface area contributed by atoms with Gasteiger partial charge in [-0.15, -0.1) is 5.10 Å². The molecule has 1 aromatic carbocycles. The fourth-order valence-corrected chi connectivity index (χ4v) is 2.97. The molecule has 1 N–H and O–H groups in total. The van der Waals surface area contributed by atoms with Crippen molar-refractivity contribution in [2.75, 3.05) is 32.8 Å². The topological polar surface area (TPSA) is 108 Å². The van der Waals surface area contributed by atoms with Crippen molar-refractivity contribution < 1.29 is 28.8 Å². The first kappa shape index (κ1) is 21.0. The molecule has 2 aromatic heterocycles. The number of nitrogens with zero attached hydrogens (tertiary/aromatic N) is 4. The van der Waals surface area contributed by atoms with E-state index in [1.807, 2.05) is 6.92 Å². The van der Waals surface area contributed by atoms with Crippen molar-refractivity contribution in [2.24, 2.45) is 0 Å². The van der Waals surface area contributed by atoms with Crippen LogP contribution in [0.1, 0.15) is 18.9 Å². The average Bonchev–Trinajstić information content (AvgIpc) is 3.17. The van der Waals surface area contributed by atoms with Crippen molar-refractivity contribution in [2.45, 2.75) is 20.0 Å². The predicted molar refractivity (Wildman–Crippen MR) is 109 cm³/mol. The molecule has 0 spiro atoms. The van der Waals surface area contributed by atoms with Gasteiger partial charge in [-0.05, 0) is 30.2 Å². The zero-order valence-electron chi connectivity index (χ0n) is 17.3. The molecule has 0 saturated heterocycles. The van der Waals surface area contributed by atoms with Gasteiger partial charge in [0.15, 0.2) is 23.0 Å². The standard InChI is InChI=1S/C20H24N4O6/c1-5-8-23(20(25)26)17-11-24-16(21-17)6-7-18(22-24)30-12-13-9-14(27-2)19(29-4)15(10-13)28-3/h6-7,9-11H,5,8,12H2,1-4H3,(H,25,26). The van der Waals surface area contributed by atoms with Gasteiger partial charge in [0.25, 0.3) is 0 Å². The summed E-state index contributed by atoms with van der Waals surface area (Å²) < 4.78 is 23.3. The highest BCUT2D eigenvalue weighted by Crippen LogP contribution is 2.38. The summed E-state index contributed by atoms with van der Waals surface area (Å²) in [6.45, 7) is 2.47. The van der Waals surface area contributed by atoms with Crippen LogP contribution in [-0.4, -0.2) is 53.7 Å². The van der Waals surface area contributed by atoms with Crippen molar-refractivity contribution in [3.05, 3.63) is 36.0 Å². The van der Waals surface area contributed by atoms with E-state index >= 15 is 0 Å². The third kappa shape index (κ3) is 4.32. The minimum atomic E-state index is -1.06.